The highest BCUT2D eigenvalue weighted by Crippen LogP contribution is 2.22. The summed E-state index contributed by atoms with van der Waals surface area (Å²) in [6.45, 7) is 2.38. The highest BCUT2D eigenvalue weighted by Gasteiger charge is 2.19. The highest BCUT2D eigenvalue weighted by atomic mass is 16.6. The molecule has 1 aliphatic heterocycles. The monoisotopic (exact) mass is 239 g/mol. The standard InChI is InChI=1S/C10H13N3O4/c14-13(15)9-2-1-3-12-10(9)17-7-8-6-11-4-5-16-8/h1-3,8,11H,4-7H2. The van der Waals surface area contributed by atoms with Crippen molar-refractivity contribution in [2.24, 2.45) is 0 Å². The van der Waals surface area contributed by atoms with Gasteiger partial charge in [-0.25, -0.2) is 4.98 Å². The lowest BCUT2D eigenvalue weighted by Crippen LogP contribution is -2.41. The summed E-state index contributed by atoms with van der Waals surface area (Å²) < 4.78 is 10.7. The molecule has 2 heterocycles. The molecule has 1 atom stereocenters. The van der Waals surface area contributed by atoms with Crippen molar-refractivity contribution in [2.45, 2.75) is 6.10 Å². The SMILES string of the molecule is O=[N+]([O-])c1cccnc1OCC1CNCCO1. The zero-order valence-electron chi connectivity index (χ0n) is 9.17. The number of ether oxygens (including phenoxy) is 2. The number of pyridine rings is 1. The largest absolute Gasteiger partial charge is 0.470 e. The van der Waals surface area contributed by atoms with Crippen LogP contribution in [0.25, 0.3) is 0 Å². The van der Waals surface area contributed by atoms with Crippen molar-refractivity contribution in [3.8, 4) is 5.88 Å². The number of nitrogens with zero attached hydrogens (tertiary/aromatic N) is 2. The van der Waals surface area contributed by atoms with Crippen LogP contribution in [0.1, 0.15) is 0 Å². The molecule has 0 spiro atoms. The molecular formula is C10H13N3O4. The maximum Gasteiger partial charge on any atom is 0.330 e. The first-order valence-corrected chi connectivity index (χ1v) is 5.32. The topological polar surface area (TPSA) is 86.5 Å². The molecule has 0 bridgehead atoms. The van der Waals surface area contributed by atoms with Crippen molar-refractivity contribution in [1.29, 1.82) is 0 Å². The van der Waals surface area contributed by atoms with E-state index in [9.17, 15) is 10.1 Å². The molecule has 0 saturated carbocycles. The molecule has 1 aliphatic rings. The first-order valence-electron chi connectivity index (χ1n) is 5.32. The smallest absolute Gasteiger partial charge is 0.330 e. The predicted octanol–water partition coefficient (Wildman–Crippen LogP) is 0.357. The summed E-state index contributed by atoms with van der Waals surface area (Å²) >= 11 is 0. The molecule has 1 N–H and O–H groups in total. The van der Waals surface area contributed by atoms with Gasteiger partial charge in [-0.2, -0.15) is 0 Å². The van der Waals surface area contributed by atoms with Crippen LogP contribution < -0.4 is 10.1 Å². The summed E-state index contributed by atoms with van der Waals surface area (Å²) in [4.78, 5) is 14.0. The Hall–Kier alpha value is -1.73. The second kappa shape index (κ2) is 5.55. The lowest BCUT2D eigenvalue weighted by atomic mass is 10.3. The number of morpholine rings is 1. The van der Waals surface area contributed by atoms with Gasteiger partial charge < -0.3 is 14.8 Å². The molecule has 1 unspecified atom stereocenters. The first-order chi connectivity index (χ1) is 8.27. The van der Waals surface area contributed by atoms with E-state index in [0.717, 1.165) is 6.54 Å². The van der Waals surface area contributed by atoms with Gasteiger partial charge in [0.15, 0.2) is 0 Å². The number of hydrogen-bond acceptors (Lipinski definition) is 6. The van der Waals surface area contributed by atoms with Crippen LogP contribution in [0.15, 0.2) is 18.3 Å². The Balaban J connectivity index is 1.96. The molecule has 0 aromatic carbocycles. The number of aromatic nitrogens is 1. The fourth-order valence-electron chi connectivity index (χ4n) is 1.53. The van der Waals surface area contributed by atoms with Crippen LogP contribution in [-0.2, 0) is 4.74 Å². The average molecular weight is 239 g/mol. The van der Waals surface area contributed by atoms with Gasteiger partial charge in [0.1, 0.15) is 12.7 Å². The van der Waals surface area contributed by atoms with Gasteiger partial charge >= 0.3 is 5.69 Å². The molecule has 17 heavy (non-hydrogen) atoms. The number of rotatable bonds is 4. The predicted molar refractivity (Wildman–Crippen MR) is 59.0 cm³/mol. The Kier molecular flexibility index (Phi) is 3.84. The van der Waals surface area contributed by atoms with Gasteiger partial charge in [0, 0.05) is 25.4 Å². The molecule has 7 nitrogen and oxygen atoms in total. The Morgan fingerprint density at radius 2 is 2.59 bits per heavy atom. The van der Waals surface area contributed by atoms with Crippen molar-refractivity contribution >= 4 is 5.69 Å². The molecule has 92 valence electrons. The fourth-order valence-corrected chi connectivity index (χ4v) is 1.53. The summed E-state index contributed by atoms with van der Waals surface area (Å²) in [6, 6.07) is 2.87. The molecule has 0 amide bonds. The van der Waals surface area contributed by atoms with E-state index in [-0.39, 0.29) is 24.3 Å². The number of hydrogen-bond donors (Lipinski definition) is 1. The summed E-state index contributed by atoms with van der Waals surface area (Å²) in [5.41, 5.74) is -0.128. The van der Waals surface area contributed by atoms with Crippen LogP contribution in [0.5, 0.6) is 5.88 Å². The minimum Gasteiger partial charge on any atom is -0.470 e. The van der Waals surface area contributed by atoms with E-state index in [1.807, 2.05) is 0 Å². The Morgan fingerprint density at radius 1 is 1.71 bits per heavy atom. The maximum atomic E-state index is 10.7. The van der Waals surface area contributed by atoms with Crippen molar-refractivity contribution < 1.29 is 14.4 Å². The summed E-state index contributed by atoms with van der Waals surface area (Å²) in [5, 5.41) is 13.9. The first kappa shape index (κ1) is 11.7. The second-order valence-corrected chi connectivity index (χ2v) is 3.59. The fraction of sp³-hybridized carbons (Fsp3) is 0.500. The van der Waals surface area contributed by atoms with Gasteiger partial charge in [-0.3, -0.25) is 10.1 Å². The van der Waals surface area contributed by atoms with Crippen molar-refractivity contribution in [2.75, 3.05) is 26.3 Å². The van der Waals surface area contributed by atoms with Crippen LogP contribution in [0.3, 0.4) is 0 Å². The Bertz CT molecular complexity index is 393. The van der Waals surface area contributed by atoms with Crippen molar-refractivity contribution in [3.63, 3.8) is 0 Å². The van der Waals surface area contributed by atoms with Gasteiger partial charge in [-0.15, -0.1) is 0 Å². The van der Waals surface area contributed by atoms with Crippen LogP contribution in [0, 0.1) is 10.1 Å². The zero-order valence-corrected chi connectivity index (χ0v) is 9.17. The van der Waals surface area contributed by atoms with Gasteiger partial charge in [-0.05, 0) is 6.07 Å². The van der Waals surface area contributed by atoms with E-state index < -0.39 is 4.92 Å². The quantitative estimate of drug-likeness (QED) is 0.603. The molecule has 1 aromatic rings. The molecule has 2 rings (SSSR count). The van der Waals surface area contributed by atoms with Gasteiger partial charge in [0.05, 0.1) is 11.5 Å². The minimum atomic E-state index is -0.512. The van der Waals surface area contributed by atoms with Crippen LogP contribution >= 0.6 is 0 Å². The summed E-state index contributed by atoms with van der Waals surface area (Å²) in [5.74, 6) is 0.0340. The molecule has 0 radical (unpaired) electrons. The third-order valence-electron chi connectivity index (χ3n) is 2.36. The third kappa shape index (κ3) is 3.11. The lowest BCUT2D eigenvalue weighted by molar-refractivity contribution is -0.386. The summed E-state index contributed by atoms with van der Waals surface area (Å²) in [7, 11) is 0. The molecular weight excluding hydrogens is 226 g/mol. The third-order valence-corrected chi connectivity index (χ3v) is 2.36. The zero-order chi connectivity index (χ0) is 12.1. The maximum absolute atomic E-state index is 10.7. The normalized spacial score (nSPS) is 19.9. The highest BCUT2D eigenvalue weighted by molar-refractivity contribution is 5.39. The number of nitro groups is 1. The van der Waals surface area contributed by atoms with Gasteiger partial charge in [-0.1, -0.05) is 0 Å². The van der Waals surface area contributed by atoms with Crippen LogP contribution in [0.2, 0.25) is 0 Å². The Labute approximate surface area is 97.9 Å². The van der Waals surface area contributed by atoms with Crippen LogP contribution in [0.4, 0.5) is 5.69 Å². The van der Waals surface area contributed by atoms with E-state index in [0.29, 0.717) is 13.2 Å². The Morgan fingerprint density at radius 3 is 3.29 bits per heavy atom. The molecule has 1 saturated heterocycles. The van der Waals surface area contributed by atoms with E-state index in [2.05, 4.69) is 10.3 Å². The van der Waals surface area contributed by atoms with E-state index >= 15 is 0 Å². The average Bonchev–Trinajstić information content (AvgIpc) is 2.38. The minimum absolute atomic E-state index is 0.0340. The van der Waals surface area contributed by atoms with Crippen molar-refractivity contribution in [1.82, 2.24) is 10.3 Å². The van der Waals surface area contributed by atoms with E-state index in [1.54, 1.807) is 0 Å². The van der Waals surface area contributed by atoms with Crippen LogP contribution in [-0.4, -0.2) is 42.3 Å². The molecule has 7 heteroatoms. The summed E-state index contributed by atoms with van der Waals surface area (Å²) in [6.07, 6.45) is 1.37. The molecule has 0 aliphatic carbocycles. The van der Waals surface area contributed by atoms with Gasteiger partial charge in [0.25, 0.3) is 5.88 Å². The van der Waals surface area contributed by atoms with E-state index in [1.165, 1.54) is 18.3 Å². The number of nitrogens with one attached hydrogen (secondary N) is 1. The second-order valence-electron chi connectivity index (χ2n) is 3.59. The molecule has 1 aromatic heterocycles. The van der Waals surface area contributed by atoms with E-state index in [4.69, 9.17) is 9.47 Å². The molecule has 1 fully saturated rings. The lowest BCUT2D eigenvalue weighted by Gasteiger charge is -2.23. The van der Waals surface area contributed by atoms with Crippen molar-refractivity contribution in [3.05, 3.63) is 28.4 Å². The van der Waals surface area contributed by atoms with Gasteiger partial charge in [0.2, 0.25) is 0 Å².